The number of hydrogen-bond acceptors (Lipinski definition) is 7. The van der Waals surface area contributed by atoms with Gasteiger partial charge in [0.15, 0.2) is 0 Å². The van der Waals surface area contributed by atoms with E-state index in [9.17, 15) is 4.79 Å². The second kappa shape index (κ2) is 11.4. The van der Waals surface area contributed by atoms with Crippen LogP contribution in [0, 0.1) is 17.8 Å². The zero-order valence-electron chi connectivity index (χ0n) is 22.3. The summed E-state index contributed by atoms with van der Waals surface area (Å²) in [6.45, 7) is 9.14. The number of carbonyl (C=O) groups excluding carboxylic acids is 1. The lowest BCUT2D eigenvalue weighted by Gasteiger charge is -2.46. The Kier molecular flexibility index (Phi) is 8.06. The molecule has 0 amide bonds. The van der Waals surface area contributed by atoms with Crippen LogP contribution in [0.5, 0.6) is 0 Å². The van der Waals surface area contributed by atoms with Crippen LogP contribution in [-0.2, 0) is 16.1 Å². The van der Waals surface area contributed by atoms with E-state index in [0.717, 1.165) is 67.3 Å². The highest BCUT2D eigenvalue weighted by molar-refractivity contribution is 5.91. The van der Waals surface area contributed by atoms with E-state index in [1.165, 1.54) is 52.1 Å². The van der Waals surface area contributed by atoms with Gasteiger partial charge in [-0.1, -0.05) is 51.7 Å². The molecule has 2 aliphatic carbocycles. The number of anilines is 1. The minimum atomic E-state index is -0.455. The van der Waals surface area contributed by atoms with Crippen molar-refractivity contribution in [3.63, 3.8) is 0 Å². The molecule has 36 heavy (non-hydrogen) atoms. The first-order valence-electron chi connectivity index (χ1n) is 14.1. The summed E-state index contributed by atoms with van der Waals surface area (Å²) in [7, 11) is 1.43. The summed E-state index contributed by atoms with van der Waals surface area (Å²) >= 11 is 0. The maximum Gasteiger partial charge on any atom is 0.328 e. The molecule has 2 heterocycles. The first-order chi connectivity index (χ1) is 17.5. The van der Waals surface area contributed by atoms with Crippen molar-refractivity contribution in [3.8, 4) is 0 Å². The summed E-state index contributed by atoms with van der Waals surface area (Å²) in [5.41, 5.74) is 0.903. The van der Waals surface area contributed by atoms with Gasteiger partial charge in [0.25, 0.3) is 0 Å². The molecule has 3 aliphatic rings. The van der Waals surface area contributed by atoms with Crippen LogP contribution in [0.3, 0.4) is 0 Å². The molecular weight excluding hydrogens is 450 g/mol. The number of hydrogen-bond donors (Lipinski definition) is 1. The van der Waals surface area contributed by atoms with Crippen LogP contribution in [0.1, 0.15) is 64.6 Å². The minimum absolute atomic E-state index is 0.0754. The van der Waals surface area contributed by atoms with Gasteiger partial charge in [-0.2, -0.15) is 0 Å². The molecule has 2 saturated carbocycles. The summed E-state index contributed by atoms with van der Waals surface area (Å²) < 4.78 is 5.04. The Balaban J connectivity index is 1.24. The smallest absolute Gasteiger partial charge is 0.328 e. The molecule has 7 heteroatoms. The van der Waals surface area contributed by atoms with Crippen molar-refractivity contribution in [2.75, 3.05) is 38.6 Å². The summed E-state index contributed by atoms with van der Waals surface area (Å²) in [5.74, 6) is 3.31. The van der Waals surface area contributed by atoms with Crippen LogP contribution in [0.15, 0.2) is 24.3 Å². The first-order valence-corrected chi connectivity index (χ1v) is 14.1. The molecule has 196 valence electrons. The highest BCUT2D eigenvalue weighted by atomic mass is 16.5. The lowest BCUT2D eigenvalue weighted by molar-refractivity contribution is -0.142. The normalized spacial score (nSPS) is 26.5. The van der Waals surface area contributed by atoms with Gasteiger partial charge < -0.3 is 10.1 Å². The Hall–Kier alpha value is -2.25. The van der Waals surface area contributed by atoms with Gasteiger partial charge in [0.1, 0.15) is 17.7 Å². The van der Waals surface area contributed by atoms with E-state index in [1.54, 1.807) is 0 Å². The predicted molar refractivity (Wildman–Crippen MR) is 144 cm³/mol. The van der Waals surface area contributed by atoms with Gasteiger partial charge >= 0.3 is 5.97 Å². The molecule has 3 fully saturated rings. The van der Waals surface area contributed by atoms with E-state index in [0.29, 0.717) is 5.82 Å². The number of carbonyl (C=O) groups is 1. The van der Waals surface area contributed by atoms with Crippen molar-refractivity contribution in [2.45, 2.75) is 77.4 Å². The topological polar surface area (TPSA) is 70.6 Å². The zero-order valence-corrected chi connectivity index (χ0v) is 22.3. The average molecular weight is 494 g/mol. The maximum absolute atomic E-state index is 12.4. The molecule has 1 saturated heterocycles. The Morgan fingerprint density at radius 3 is 2.53 bits per heavy atom. The number of aromatic nitrogens is 2. The third-order valence-corrected chi connectivity index (χ3v) is 8.86. The molecule has 1 aliphatic heterocycles. The van der Waals surface area contributed by atoms with E-state index in [1.807, 2.05) is 38.1 Å². The number of benzene rings is 1. The second-order valence-corrected chi connectivity index (χ2v) is 11.5. The van der Waals surface area contributed by atoms with E-state index >= 15 is 0 Å². The molecule has 0 spiro atoms. The van der Waals surface area contributed by atoms with Crippen molar-refractivity contribution in [3.05, 3.63) is 30.1 Å². The quantitative estimate of drug-likeness (QED) is 0.560. The molecule has 0 radical (unpaired) electrons. The van der Waals surface area contributed by atoms with Crippen LogP contribution < -0.4 is 5.32 Å². The van der Waals surface area contributed by atoms with Crippen LogP contribution in [0.4, 0.5) is 5.82 Å². The van der Waals surface area contributed by atoms with Gasteiger partial charge in [0.05, 0.1) is 19.2 Å². The molecule has 3 unspecified atom stereocenters. The third-order valence-electron chi connectivity index (χ3n) is 8.86. The lowest BCUT2D eigenvalue weighted by atomic mass is 9.69. The number of fused-ring (bicyclic) bond motifs is 2. The number of para-hydroxylation sites is 1. The number of methoxy groups -OCH3 is 1. The monoisotopic (exact) mass is 493 g/mol. The molecule has 1 N–H and O–H groups in total. The second-order valence-electron chi connectivity index (χ2n) is 11.5. The van der Waals surface area contributed by atoms with E-state index in [2.05, 4.69) is 15.1 Å². The van der Waals surface area contributed by atoms with Gasteiger partial charge in [-0.05, 0) is 49.1 Å². The number of esters is 1. The van der Waals surface area contributed by atoms with Gasteiger partial charge in [-0.3, -0.25) is 9.80 Å². The molecule has 7 nitrogen and oxygen atoms in total. The summed E-state index contributed by atoms with van der Waals surface area (Å²) in [4.78, 5) is 27.4. The number of nitrogens with one attached hydrogen (secondary N) is 1. The molecule has 4 atom stereocenters. The van der Waals surface area contributed by atoms with E-state index < -0.39 is 6.04 Å². The van der Waals surface area contributed by atoms with E-state index in [-0.39, 0.29) is 11.9 Å². The molecule has 0 bridgehead atoms. The summed E-state index contributed by atoms with van der Waals surface area (Å²) in [6.07, 6.45) is 10.1. The van der Waals surface area contributed by atoms with Crippen molar-refractivity contribution in [1.29, 1.82) is 0 Å². The number of piperazine rings is 1. The fourth-order valence-corrected chi connectivity index (χ4v) is 6.74. The average Bonchev–Trinajstić information content (AvgIpc) is 2.91. The van der Waals surface area contributed by atoms with Crippen molar-refractivity contribution in [2.24, 2.45) is 17.8 Å². The van der Waals surface area contributed by atoms with Gasteiger partial charge in [0, 0.05) is 37.6 Å². The minimum Gasteiger partial charge on any atom is -0.467 e. The number of nitrogens with zero attached hydrogens (tertiary/aromatic N) is 4. The fourth-order valence-electron chi connectivity index (χ4n) is 6.74. The summed E-state index contributed by atoms with van der Waals surface area (Å²) in [5, 5.41) is 4.30. The Bertz CT molecular complexity index is 1040. The highest BCUT2D eigenvalue weighted by Crippen LogP contribution is 2.41. The van der Waals surface area contributed by atoms with Gasteiger partial charge in [0.2, 0.25) is 0 Å². The maximum atomic E-state index is 12.4. The number of rotatable bonds is 7. The predicted octanol–water partition coefficient (Wildman–Crippen LogP) is 4.72. The Morgan fingerprint density at radius 1 is 1.03 bits per heavy atom. The standard InChI is InChI=1S/C29H43N5O2/c1-20(2)27(29(35)36-3)32-28-24-10-6-7-11-25(24)30-26(31-28)19-33-14-16-34(17-15-33)23-13-12-21-8-4-5-9-22(21)18-23/h6-7,10-11,20-23,27H,4-5,8-9,12-19H2,1-3H3,(H,30,31,32)/t21?,22?,23?,27-/m0/s1. The van der Waals surface area contributed by atoms with Crippen LogP contribution in [0.2, 0.25) is 0 Å². The van der Waals surface area contributed by atoms with Gasteiger partial charge in [-0.25, -0.2) is 14.8 Å². The van der Waals surface area contributed by atoms with Crippen LogP contribution in [-0.4, -0.2) is 71.1 Å². The summed E-state index contributed by atoms with van der Waals surface area (Å²) in [6, 6.07) is 8.35. The third kappa shape index (κ3) is 5.67. The van der Waals surface area contributed by atoms with Crippen LogP contribution >= 0.6 is 0 Å². The van der Waals surface area contributed by atoms with Crippen LogP contribution in [0.25, 0.3) is 10.9 Å². The Morgan fingerprint density at radius 2 is 1.78 bits per heavy atom. The largest absolute Gasteiger partial charge is 0.467 e. The zero-order chi connectivity index (χ0) is 25.1. The number of ether oxygens (including phenoxy) is 1. The SMILES string of the molecule is COC(=O)[C@@H](Nc1nc(CN2CCN(C3CCC4CCCCC4C3)CC2)nc2ccccc12)C(C)C. The van der Waals surface area contributed by atoms with Crippen molar-refractivity contribution in [1.82, 2.24) is 19.8 Å². The van der Waals surface area contributed by atoms with Crippen molar-refractivity contribution < 1.29 is 9.53 Å². The first kappa shape index (κ1) is 25.4. The Labute approximate surface area is 216 Å². The molecule has 2 aromatic rings. The fraction of sp³-hybridized carbons (Fsp3) is 0.690. The molecule has 5 rings (SSSR count). The highest BCUT2D eigenvalue weighted by Gasteiger charge is 2.35. The molecule has 1 aromatic heterocycles. The molecular formula is C29H43N5O2. The van der Waals surface area contributed by atoms with Gasteiger partial charge in [-0.15, -0.1) is 0 Å². The van der Waals surface area contributed by atoms with Crippen molar-refractivity contribution >= 4 is 22.7 Å². The molecule has 1 aromatic carbocycles. The van der Waals surface area contributed by atoms with E-state index in [4.69, 9.17) is 14.7 Å². The lowest BCUT2D eigenvalue weighted by Crippen LogP contribution is -2.52.